The van der Waals surface area contributed by atoms with Gasteiger partial charge in [-0.05, 0) is 38.5 Å². The number of alkyl carbamates (subject to hydrolysis) is 1. The van der Waals surface area contributed by atoms with Crippen LogP contribution in [0, 0.1) is 0 Å². The summed E-state index contributed by atoms with van der Waals surface area (Å²) in [6.07, 6.45) is 1.28. The van der Waals surface area contributed by atoms with Crippen molar-refractivity contribution in [1.29, 1.82) is 0 Å². The Hall–Kier alpha value is -1.97. The molecular weight excluding hydrogens is 242 g/mol. The molecule has 0 aliphatic heterocycles. The summed E-state index contributed by atoms with van der Waals surface area (Å²) >= 11 is 0. The van der Waals surface area contributed by atoms with E-state index in [1.807, 2.05) is 45.0 Å². The highest BCUT2D eigenvalue weighted by atomic mass is 16.6. The molecule has 0 saturated carbocycles. The number of nitrogens with one attached hydrogen (secondary N) is 1. The van der Waals surface area contributed by atoms with Crippen molar-refractivity contribution in [2.24, 2.45) is 0 Å². The van der Waals surface area contributed by atoms with Crippen LogP contribution < -0.4 is 10.1 Å². The molecule has 1 aromatic rings. The Balaban J connectivity index is 2.41. The summed E-state index contributed by atoms with van der Waals surface area (Å²) in [6.45, 7) is 9.99. The number of hydrogen-bond donors (Lipinski definition) is 1. The van der Waals surface area contributed by atoms with Gasteiger partial charge in [-0.2, -0.15) is 0 Å². The molecule has 0 heterocycles. The SMILES string of the molecule is C=CCOc1ccc(CNC(=O)OC(C)(C)C)cc1. The van der Waals surface area contributed by atoms with E-state index in [1.165, 1.54) is 0 Å². The highest BCUT2D eigenvalue weighted by Gasteiger charge is 2.15. The first kappa shape index (κ1) is 15.1. The summed E-state index contributed by atoms with van der Waals surface area (Å²) < 4.78 is 10.5. The zero-order valence-corrected chi connectivity index (χ0v) is 11.7. The number of hydrogen-bond acceptors (Lipinski definition) is 3. The van der Waals surface area contributed by atoms with Gasteiger partial charge >= 0.3 is 6.09 Å². The molecule has 0 atom stereocenters. The molecule has 0 aromatic heterocycles. The molecule has 1 rings (SSSR count). The molecule has 0 fully saturated rings. The third-order valence-electron chi connectivity index (χ3n) is 2.13. The van der Waals surface area contributed by atoms with E-state index in [0.717, 1.165) is 11.3 Å². The lowest BCUT2D eigenvalue weighted by atomic mass is 10.2. The Labute approximate surface area is 114 Å². The first-order valence-corrected chi connectivity index (χ1v) is 6.20. The van der Waals surface area contributed by atoms with Gasteiger partial charge in [0.2, 0.25) is 0 Å². The molecular formula is C15H21NO3. The summed E-state index contributed by atoms with van der Waals surface area (Å²) in [5.74, 6) is 0.779. The predicted octanol–water partition coefficient (Wildman–Crippen LogP) is 3.28. The predicted molar refractivity (Wildman–Crippen MR) is 75.2 cm³/mol. The average molecular weight is 263 g/mol. The molecule has 0 bridgehead atoms. The molecule has 1 amide bonds. The minimum Gasteiger partial charge on any atom is -0.490 e. The minimum atomic E-state index is -0.480. The lowest BCUT2D eigenvalue weighted by Gasteiger charge is -2.19. The first-order chi connectivity index (χ1) is 8.90. The van der Waals surface area contributed by atoms with Crippen molar-refractivity contribution in [2.45, 2.75) is 32.9 Å². The lowest BCUT2D eigenvalue weighted by molar-refractivity contribution is 0.0523. The third-order valence-corrected chi connectivity index (χ3v) is 2.13. The number of carbonyl (C=O) groups is 1. The molecule has 0 unspecified atom stereocenters. The topological polar surface area (TPSA) is 47.6 Å². The Morgan fingerprint density at radius 3 is 2.47 bits per heavy atom. The number of benzene rings is 1. The van der Waals surface area contributed by atoms with E-state index in [1.54, 1.807) is 6.08 Å². The normalized spacial score (nSPS) is 10.7. The Morgan fingerprint density at radius 1 is 1.32 bits per heavy atom. The molecule has 0 aliphatic carbocycles. The standard InChI is InChI=1S/C15H21NO3/c1-5-10-18-13-8-6-12(7-9-13)11-16-14(17)19-15(2,3)4/h5-9H,1,10-11H2,2-4H3,(H,16,17). The van der Waals surface area contributed by atoms with Crippen LogP contribution in [0.2, 0.25) is 0 Å². The van der Waals surface area contributed by atoms with Gasteiger partial charge in [-0.15, -0.1) is 0 Å². The van der Waals surface area contributed by atoms with Gasteiger partial charge < -0.3 is 14.8 Å². The van der Waals surface area contributed by atoms with Crippen LogP contribution in [0.5, 0.6) is 5.75 Å². The van der Waals surface area contributed by atoms with E-state index in [4.69, 9.17) is 9.47 Å². The zero-order chi connectivity index (χ0) is 14.3. The second-order valence-electron chi connectivity index (χ2n) is 5.10. The Morgan fingerprint density at radius 2 is 1.95 bits per heavy atom. The van der Waals surface area contributed by atoms with Crippen LogP contribution in [-0.4, -0.2) is 18.3 Å². The molecule has 1 N–H and O–H groups in total. The van der Waals surface area contributed by atoms with E-state index < -0.39 is 11.7 Å². The molecule has 0 spiro atoms. The Kier molecular flexibility index (Phi) is 5.42. The molecule has 1 aromatic carbocycles. The van der Waals surface area contributed by atoms with Crippen LogP contribution in [0.3, 0.4) is 0 Å². The average Bonchev–Trinajstić information content (AvgIpc) is 2.33. The zero-order valence-electron chi connectivity index (χ0n) is 11.7. The second kappa shape index (κ2) is 6.83. The van der Waals surface area contributed by atoms with Crippen molar-refractivity contribution in [3.63, 3.8) is 0 Å². The molecule has 0 saturated heterocycles. The highest BCUT2D eigenvalue weighted by Crippen LogP contribution is 2.12. The molecule has 4 nitrogen and oxygen atoms in total. The maximum Gasteiger partial charge on any atom is 0.407 e. The summed E-state index contributed by atoms with van der Waals surface area (Å²) in [5, 5.41) is 2.70. The van der Waals surface area contributed by atoms with Gasteiger partial charge in [0.1, 0.15) is 18.0 Å². The van der Waals surface area contributed by atoms with Crippen LogP contribution in [0.15, 0.2) is 36.9 Å². The third kappa shape index (κ3) is 6.50. The van der Waals surface area contributed by atoms with Gasteiger partial charge in [-0.3, -0.25) is 0 Å². The molecule has 19 heavy (non-hydrogen) atoms. The first-order valence-electron chi connectivity index (χ1n) is 6.20. The van der Waals surface area contributed by atoms with E-state index in [9.17, 15) is 4.79 Å². The summed E-state index contributed by atoms with van der Waals surface area (Å²) in [6, 6.07) is 7.51. The van der Waals surface area contributed by atoms with Crippen molar-refractivity contribution in [3.05, 3.63) is 42.5 Å². The van der Waals surface area contributed by atoms with E-state index in [2.05, 4.69) is 11.9 Å². The quantitative estimate of drug-likeness (QED) is 0.829. The van der Waals surface area contributed by atoms with Gasteiger partial charge in [0.15, 0.2) is 0 Å². The molecule has 0 radical (unpaired) electrons. The van der Waals surface area contributed by atoms with Gasteiger partial charge in [0.05, 0.1) is 0 Å². The van der Waals surface area contributed by atoms with E-state index in [-0.39, 0.29) is 0 Å². The fourth-order valence-corrected chi connectivity index (χ4v) is 1.35. The van der Waals surface area contributed by atoms with Gasteiger partial charge in [0, 0.05) is 6.54 Å². The minimum absolute atomic E-state index is 0.417. The molecule has 0 aliphatic rings. The van der Waals surface area contributed by atoms with Crippen molar-refractivity contribution < 1.29 is 14.3 Å². The summed E-state index contributed by atoms with van der Waals surface area (Å²) in [5.41, 5.74) is 0.503. The fraction of sp³-hybridized carbons (Fsp3) is 0.400. The van der Waals surface area contributed by atoms with Gasteiger partial charge in [0.25, 0.3) is 0 Å². The van der Waals surface area contributed by atoms with Crippen LogP contribution in [0.4, 0.5) is 4.79 Å². The molecule has 4 heteroatoms. The summed E-state index contributed by atoms with van der Waals surface area (Å²) in [7, 11) is 0. The van der Waals surface area contributed by atoms with Crippen molar-refractivity contribution >= 4 is 6.09 Å². The molecule has 104 valence electrons. The van der Waals surface area contributed by atoms with Crippen LogP contribution in [-0.2, 0) is 11.3 Å². The van der Waals surface area contributed by atoms with Gasteiger partial charge in [-0.1, -0.05) is 24.8 Å². The number of carbonyl (C=O) groups excluding carboxylic acids is 1. The highest BCUT2D eigenvalue weighted by molar-refractivity contribution is 5.67. The van der Waals surface area contributed by atoms with Crippen molar-refractivity contribution in [1.82, 2.24) is 5.32 Å². The van der Waals surface area contributed by atoms with Gasteiger partial charge in [-0.25, -0.2) is 4.79 Å². The van der Waals surface area contributed by atoms with Crippen LogP contribution in [0.1, 0.15) is 26.3 Å². The Bertz CT molecular complexity index is 418. The van der Waals surface area contributed by atoms with Crippen LogP contribution in [0.25, 0.3) is 0 Å². The number of ether oxygens (including phenoxy) is 2. The fourth-order valence-electron chi connectivity index (χ4n) is 1.35. The van der Waals surface area contributed by atoms with Crippen LogP contribution >= 0.6 is 0 Å². The lowest BCUT2D eigenvalue weighted by Crippen LogP contribution is -2.32. The second-order valence-corrected chi connectivity index (χ2v) is 5.10. The van der Waals surface area contributed by atoms with E-state index in [0.29, 0.717) is 13.2 Å². The monoisotopic (exact) mass is 263 g/mol. The van der Waals surface area contributed by atoms with E-state index >= 15 is 0 Å². The van der Waals surface area contributed by atoms with Crippen molar-refractivity contribution in [3.8, 4) is 5.75 Å². The van der Waals surface area contributed by atoms with Crippen molar-refractivity contribution in [2.75, 3.05) is 6.61 Å². The summed E-state index contributed by atoms with van der Waals surface area (Å²) in [4.78, 5) is 11.5. The largest absolute Gasteiger partial charge is 0.490 e. The smallest absolute Gasteiger partial charge is 0.407 e. The number of amides is 1. The maximum atomic E-state index is 11.5. The number of rotatable bonds is 5. The maximum absolute atomic E-state index is 11.5.